The SMILES string of the molecule is COc1cccc([C@H]2C(=C(O)c3ccccc3)C(=O)C(=O)N2CCCN2CCOCC2)c1OC. The van der Waals surface area contributed by atoms with Crippen LogP contribution in [0, 0.1) is 0 Å². The first-order valence-corrected chi connectivity index (χ1v) is 11.4. The number of nitrogens with zero attached hydrogens (tertiary/aromatic N) is 2. The smallest absolute Gasteiger partial charge is 0.295 e. The normalized spacial score (nSPS) is 20.5. The largest absolute Gasteiger partial charge is 0.507 e. The van der Waals surface area contributed by atoms with E-state index >= 15 is 0 Å². The number of ketones is 1. The molecule has 34 heavy (non-hydrogen) atoms. The van der Waals surface area contributed by atoms with Crippen LogP contribution in [0.2, 0.25) is 0 Å². The lowest BCUT2D eigenvalue weighted by Gasteiger charge is -2.29. The zero-order chi connectivity index (χ0) is 24.1. The van der Waals surface area contributed by atoms with Gasteiger partial charge in [-0.1, -0.05) is 42.5 Å². The molecule has 2 aliphatic rings. The molecular formula is C26H30N2O6. The molecule has 0 saturated carbocycles. The summed E-state index contributed by atoms with van der Waals surface area (Å²) in [5.74, 6) is -0.630. The Morgan fingerprint density at radius 3 is 2.41 bits per heavy atom. The monoisotopic (exact) mass is 466 g/mol. The Morgan fingerprint density at radius 2 is 1.74 bits per heavy atom. The van der Waals surface area contributed by atoms with Crippen molar-refractivity contribution >= 4 is 17.4 Å². The third-order valence-electron chi connectivity index (χ3n) is 6.29. The summed E-state index contributed by atoms with van der Waals surface area (Å²) in [4.78, 5) is 30.2. The molecule has 2 fully saturated rings. The van der Waals surface area contributed by atoms with Crippen molar-refractivity contribution in [1.82, 2.24) is 9.80 Å². The van der Waals surface area contributed by atoms with E-state index in [-0.39, 0.29) is 11.3 Å². The molecule has 0 spiro atoms. The van der Waals surface area contributed by atoms with Gasteiger partial charge in [0.2, 0.25) is 0 Å². The number of hydrogen-bond acceptors (Lipinski definition) is 7. The molecule has 1 amide bonds. The predicted octanol–water partition coefficient (Wildman–Crippen LogP) is 2.85. The summed E-state index contributed by atoms with van der Waals surface area (Å²) in [6, 6.07) is 13.3. The quantitative estimate of drug-likeness (QED) is 0.364. The highest BCUT2D eigenvalue weighted by Gasteiger charge is 2.47. The number of aliphatic hydroxyl groups is 1. The number of rotatable bonds is 8. The van der Waals surface area contributed by atoms with E-state index in [9.17, 15) is 14.7 Å². The Balaban J connectivity index is 1.74. The van der Waals surface area contributed by atoms with E-state index in [4.69, 9.17) is 14.2 Å². The topological polar surface area (TPSA) is 88.5 Å². The summed E-state index contributed by atoms with van der Waals surface area (Å²) in [5, 5.41) is 11.2. The van der Waals surface area contributed by atoms with Crippen molar-refractivity contribution in [2.75, 3.05) is 53.6 Å². The van der Waals surface area contributed by atoms with Gasteiger partial charge in [0.15, 0.2) is 11.5 Å². The lowest BCUT2D eigenvalue weighted by Crippen LogP contribution is -2.39. The highest BCUT2D eigenvalue weighted by atomic mass is 16.5. The Morgan fingerprint density at radius 1 is 1.00 bits per heavy atom. The number of para-hydroxylation sites is 1. The number of carbonyl (C=O) groups excluding carboxylic acids is 2. The van der Waals surface area contributed by atoms with Gasteiger partial charge in [-0.15, -0.1) is 0 Å². The van der Waals surface area contributed by atoms with E-state index in [0.29, 0.717) is 48.8 Å². The lowest BCUT2D eigenvalue weighted by atomic mass is 9.94. The van der Waals surface area contributed by atoms with E-state index < -0.39 is 17.7 Å². The van der Waals surface area contributed by atoms with Gasteiger partial charge in [0, 0.05) is 37.3 Å². The fourth-order valence-electron chi connectivity index (χ4n) is 4.60. The second-order valence-corrected chi connectivity index (χ2v) is 8.25. The Kier molecular flexibility index (Phi) is 7.49. The standard InChI is InChI=1S/C26H30N2O6/c1-32-20-11-6-10-19(25(20)33-2)22-21(23(29)18-8-4-3-5-9-18)24(30)26(31)28(22)13-7-12-27-14-16-34-17-15-27/h3-6,8-11,22,29H,7,12-17H2,1-2H3/t22-/m0/s1. The van der Waals surface area contributed by atoms with Crippen LogP contribution in [0.4, 0.5) is 0 Å². The molecule has 2 aromatic carbocycles. The fourth-order valence-corrected chi connectivity index (χ4v) is 4.60. The van der Waals surface area contributed by atoms with Crippen LogP contribution < -0.4 is 9.47 Å². The van der Waals surface area contributed by atoms with Crippen LogP contribution in [-0.4, -0.2) is 80.2 Å². The molecule has 0 bridgehead atoms. The zero-order valence-corrected chi connectivity index (χ0v) is 19.5. The van der Waals surface area contributed by atoms with Crippen LogP contribution in [0.1, 0.15) is 23.6 Å². The fraction of sp³-hybridized carbons (Fsp3) is 0.385. The Hall–Kier alpha value is -3.36. The van der Waals surface area contributed by atoms with Gasteiger partial charge in [-0.2, -0.15) is 0 Å². The van der Waals surface area contributed by atoms with Gasteiger partial charge in [0.25, 0.3) is 11.7 Å². The van der Waals surface area contributed by atoms with Crippen LogP contribution >= 0.6 is 0 Å². The van der Waals surface area contributed by atoms with Crippen molar-refractivity contribution in [2.24, 2.45) is 0 Å². The van der Waals surface area contributed by atoms with Gasteiger partial charge in [-0.05, 0) is 12.5 Å². The van der Waals surface area contributed by atoms with E-state index in [0.717, 1.165) is 19.6 Å². The number of hydrogen-bond donors (Lipinski definition) is 1. The lowest BCUT2D eigenvalue weighted by molar-refractivity contribution is -0.140. The number of amides is 1. The average molecular weight is 467 g/mol. The molecule has 8 heteroatoms. The minimum absolute atomic E-state index is 0.0501. The zero-order valence-electron chi connectivity index (χ0n) is 19.5. The number of likely N-dealkylation sites (tertiary alicyclic amines) is 1. The van der Waals surface area contributed by atoms with E-state index in [1.165, 1.54) is 19.1 Å². The van der Waals surface area contributed by atoms with Gasteiger partial charge in [0.05, 0.1) is 39.0 Å². The molecule has 0 aromatic heterocycles. The van der Waals surface area contributed by atoms with Crippen molar-refractivity contribution in [3.8, 4) is 11.5 Å². The van der Waals surface area contributed by atoms with Crippen molar-refractivity contribution in [1.29, 1.82) is 0 Å². The van der Waals surface area contributed by atoms with Crippen LogP contribution in [0.3, 0.4) is 0 Å². The maximum atomic E-state index is 13.2. The average Bonchev–Trinajstić information content (AvgIpc) is 3.13. The third kappa shape index (κ3) is 4.64. The number of ether oxygens (including phenoxy) is 3. The van der Waals surface area contributed by atoms with E-state index in [1.54, 1.807) is 42.5 Å². The molecule has 4 rings (SSSR count). The first kappa shape index (κ1) is 23.8. The van der Waals surface area contributed by atoms with Crippen molar-refractivity contribution in [3.63, 3.8) is 0 Å². The molecule has 2 saturated heterocycles. The number of Topliss-reactive ketones (excluding diaryl/α,β-unsaturated/α-hetero) is 1. The number of aliphatic hydroxyl groups excluding tert-OH is 1. The van der Waals surface area contributed by atoms with E-state index in [1.807, 2.05) is 6.07 Å². The third-order valence-corrected chi connectivity index (χ3v) is 6.29. The first-order chi connectivity index (χ1) is 16.6. The summed E-state index contributed by atoms with van der Waals surface area (Å²) in [6.07, 6.45) is 0.682. The minimum Gasteiger partial charge on any atom is -0.507 e. The van der Waals surface area contributed by atoms with Crippen molar-refractivity contribution < 1.29 is 28.9 Å². The molecule has 180 valence electrons. The van der Waals surface area contributed by atoms with Gasteiger partial charge in [-0.3, -0.25) is 14.5 Å². The Bertz CT molecular complexity index is 1060. The number of benzene rings is 2. The summed E-state index contributed by atoms with van der Waals surface area (Å²) in [5.41, 5.74) is 1.11. The van der Waals surface area contributed by atoms with Crippen molar-refractivity contribution in [2.45, 2.75) is 12.5 Å². The molecular weight excluding hydrogens is 436 g/mol. The molecule has 8 nitrogen and oxygen atoms in total. The molecule has 0 aliphatic carbocycles. The van der Waals surface area contributed by atoms with Crippen LogP contribution in [0.15, 0.2) is 54.1 Å². The van der Waals surface area contributed by atoms with Gasteiger partial charge >= 0.3 is 0 Å². The first-order valence-electron chi connectivity index (χ1n) is 11.4. The molecule has 2 aliphatic heterocycles. The van der Waals surface area contributed by atoms with Crippen molar-refractivity contribution in [3.05, 3.63) is 65.2 Å². The molecule has 1 N–H and O–H groups in total. The summed E-state index contributed by atoms with van der Waals surface area (Å²) >= 11 is 0. The maximum Gasteiger partial charge on any atom is 0.295 e. The van der Waals surface area contributed by atoms with Gasteiger partial charge < -0.3 is 24.2 Å². The number of methoxy groups -OCH3 is 2. The minimum atomic E-state index is -0.796. The second kappa shape index (κ2) is 10.7. The maximum absolute atomic E-state index is 13.2. The van der Waals surface area contributed by atoms with Gasteiger partial charge in [0.1, 0.15) is 5.76 Å². The molecule has 0 radical (unpaired) electrons. The second-order valence-electron chi connectivity index (χ2n) is 8.25. The number of carbonyl (C=O) groups is 2. The van der Waals surface area contributed by atoms with Crippen LogP contribution in [0.5, 0.6) is 11.5 Å². The molecule has 1 atom stereocenters. The summed E-state index contributed by atoms with van der Waals surface area (Å²) < 4.78 is 16.5. The summed E-state index contributed by atoms with van der Waals surface area (Å²) in [7, 11) is 3.05. The number of morpholine rings is 1. The van der Waals surface area contributed by atoms with Gasteiger partial charge in [-0.25, -0.2) is 0 Å². The molecule has 0 unspecified atom stereocenters. The predicted molar refractivity (Wildman–Crippen MR) is 127 cm³/mol. The highest BCUT2D eigenvalue weighted by molar-refractivity contribution is 6.46. The van der Waals surface area contributed by atoms with E-state index in [2.05, 4.69) is 4.90 Å². The molecule has 2 aromatic rings. The molecule has 2 heterocycles. The summed E-state index contributed by atoms with van der Waals surface area (Å²) in [6.45, 7) is 4.23. The Labute approximate surface area is 199 Å². The van der Waals surface area contributed by atoms with Crippen LogP contribution in [0.25, 0.3) is 5.76 Å². The van der Waals surface area contributed by atoms with Crippen LogP contribution in [-0.2, 0) is 14.3 Å². The highest BCUT2D eigenvalue weighted by Crippen LogP contribution is 2.45.